The highest BCUT2D eigenvalue weighted by Gasteiger charge is 2.17. The Morgan fingerprint density at radius 2 is 2.12 bits per heavy atom. The zero-order valence-corrected chi connectivity index (χ0v) is 11.4. The van der Waals surface area contributed by atoms with Gasteiger partial charge < -0.3 is 4.74 Å². The van der Waals surface area contributed by atoms with Crippen LogP contribution in [-0.4, -0.2) is 19.0 Å². The molecule has 17 heavy (non-hydrogen) atoms. The molecule has 1 aliphatic rings. The zero-order valence-electron chi connectivity index (χ0n) is 9.82. The van der Waals surface area contributed by atoms with Crippen LogP contribution in [0.2, 0.25) is 0 Å². The van der Waals surface area contributed by atoms with E-state index in [2.05, 4.69) is 15.9 Å². The van der Waals surface area contributed by atoms with Crippen LogP contribution in [0, 0.1) is 5.92 Å². The summed E-state index contributed by atoms with van der Waals surface area (Å²) in [7, 11) is 0. The third-order valence-corrected chi connectivity index (χ3v) is 3.64. The second-order valence-electron chi connectivity index (χ2n) is 4.61. The number of Topliss-reactive ketones (excluding diaryl/α,β-unsaturated/α-hetero) is 1. The molecule has 2 nitrogen and oxygen atoms in total. The van der Waals surface area contributed by atoms with Crippen molar-refractivity contribution < 1.29 is 9.53 Å². The predicted octanol–water partition coefficient (Wildman–Crippen LogP) is 3.38. The first-order chi connectivity index (χ1) is 8.24. The Bertz CT molecular complexity index is 384. The minimum Gasteiger partial charge on any atom is -0.381 e. The molecule has 0 bridgehead atoms. The lowest BCUT2D eigenvalue weighted by Gasteiger charge is -2.21. The van der Waals surface area contributed by atoms with Gasteiger partial charge in [-0.1, -0.05) is 28.1 Å². The molecule has 0 atom stereocenters. The minimum atomic E-state index is 0.343. The van der Waals surface area contributed by atoms with Crippen molar-refractivity contribution in [3.05, 3.63) is 34.3 Å². The minimum absolute atomic E-state index is 0.343. The number of carbonyl (C=O) groups is 1. The highest BCUT2D eigenvalue weighted by Crippen LogP contribution is 2.20. The molecular weight excluding hydrogens is 280 g/mol. The van der Waals surface area contributed by atoms with Gasteiger partial charge in [-0.15, -0.1) is 0 Å². The Morgan fingerprint density at radius 3 is 2.82 bits per heavy atom. The first-order valence-corrected chi connectivity index (χ1v) is 6.87. The van der Waals surface area contributed by atoms with Gasteiger partial charge in [0.25, 0.3) is 0 Å². The molecular formula is C14H17BrO2. The number of hydrogen-bond acceptors (Lipinski definition) is 2. The predicted molar refractivity (Wildman–Crippen MR) is 71.0 cm³/mol. The highest BCUT2D eigenvalue weighted by atomic mass is 79.9. The Morgan fingerprint density at radius 1 is 1.35 bits per heavy atom. The van der Waals surface area contributed by atoms with E-state index in [0.717, 1.165) is 36.1 Å². The fourth-order valence-electron chi connectivity index (χ4n) is 2.22. The zero-order chi connectivity index (χ0) is 12.1. The number of ketones is 1. The summed E-state index contributed by atoms with van der Waals surface area (Å²) < 4.78 is 6.33. The van der Waals surface area contributed by atoms with Crippen LogP contribution in [0.25, 0.3) is 0 Å². The van der Waals surface area contributed by atoms with Gasteiger partial charge in [0.2, 0.25) is 0 Å². The molecule has 1 heterocycles. The Kier molecular flexibility index (Phi) is 4.75. The molecule has 92 valence electrons. The second-order valence-corrected chi connectivity index (χ2v) is 5.52. The van der Waals surface area contributed by atoms with E-state index in [9.17, 15) is 4.79 Å². The average molecular weight is 297 g/mol. The maximum Gasteiger partial charge on any atom is 0.137 e. The van der Waals surface area contributed by atoms with Crippen LogP contribution in [-0.2, 0) is 16.0 Å². The van der Waals surface area contributed by atoms with Gasteiger partial charge in [-0.3, -0.25) is 4.79 Å². The molecule has 0 N–H and O–H groups in total. The van der Waals surface area contributed by atoms with Crippen LogP contribution < -0.4 is 0 Å². The topological polar surface area (TPSA) is 26.3 Å². The van der Waals surface area contributed by atoms with Gasteiger partial charge in [0.05, 0.1) is 0 Å². The standard InChI is InChI=1S/C14H17BrO2/c15-13-3-1-2-12(8-13)10-14(16)9-11-4-6-17-7-5-11/h1-3,8,11H,4-7,9-10H2. The Balaban J connectivity index is 1.84. The van der Waals surface area contributed by atoms with E-state index >= 15 is 0 Å². The van der Waals surface area contributed by atoms with Crippen LogP contribution >= 0.6 is 15.9 Å². The van der Waals surface area contributed by atoms with E-state index in [1.54, 1.807) is 0 Å². The molecule has 0 amide bonds. The summed E-state index contributed by atoms with van der Waals surface area (Å²) >= 11 is 3.42. The smallest absolute Gasteiger partial charge is 0.137 e. The van der Waals surface area contributed by atoms with Gasteiger partial charge in [-0.05, 0) is 36.5 Å². The Labute approximate surface area is 110 Å². The van der Waals surface area contributed by atoms with Crippen molar-refractivity contribution in [1.82, 2.24) is 0 Å². The maximum absolute atomic E-state index is 11.9. The lowest BCUT2D eigenvalue weighted by molar-refractivity contribution is -0.120. The molecule has 1 aromatic rings. The van der Waals surface area contributed by atoms with Crippen molar-refractivity contribution in [2.75, 3.05) is 13.2 Å². The molecule has 0 spiro atoms. The average Bonchev–Trinajstić information content (AvgIpc) is 2.30. The molecule has 1 fully saturated rings. The summed E-state index contributed by atoms with van der Waals surface area (Å²) in [6.07, 6.45) is 3.32. The molecule has 1 saturated heterocycles. The molecule has 0 aromatic heterocycles. The number of ether oxygens (including phenoxy) is 1. The van der Waals surface area contributed by atoms with Crippen molar-refractivity contribution in [3.63, 3.8) is 0 Å². The molecule has 0 unspecified atom stereocenters. The van der Waals surface area contributed by atoms with E-state index in [0.29, 0.717) is 24.5 Å². The third kappa shape index (κ3) is 4.25. The number of halogens is 1. The first-order valence-electron chi connectivity index (χ1n) is 6.08. The highest BCUT2D eigenvalue weighted by molar-refractivity contribution is 9.10. The Hall–Kier alpha value is -0.670. The number of hydrogen-bond donors (Lipinski definition) is 0. The lowest BCUT2D eigenvalue weighted by Crippen LogP contribution is -2.19. The van der Waals surface area contributed by atoms with Crippen molar-refractivity contribution in [3.8, 4) is 0 Å². The van der Waals surface area contributed by atoms with Gasteiger partial charge >= 0.3 is 0 Å². The van der Waals surface area contributed by atoms with E-state index in [-0.39, 0.29) is 0 Å². The largest absolute Gasteiger partial charge is 0.381 e. The second kappa shape index (κ2) is 6.31. The van der Waals surface area contributed by atoms with Gasteiger partial charge in [-0.25, -0.2) is 0 Å². The number of rotatable bonds is 4. The summed E-state index contributed by atoms with van der Waals surface area (Å²) in [5.41, 5.74) is 1.09. The summed E-state index contributed by atoms with van der Waals surface area (Å²) in [5.74, 6) is 0.874. The monoisotopic (exact) mass is 296 g/mol. The molecule has 1 aromatic carbocycles. The quantitative estimate of drug-likeness (QED) is 0.851. The number of benzene rings is 1. The van der Waals surface area contributed by atoms with Gasteiger partial charge in [-0.2, -0.15) is 0 Å². The maximum atomic E-state index is 11.9. The molecule has 0 saturated carbocycles. The van der Waals surface area contributed by atoms with Gasteiger partial charge in [0.1, 0.15) is 5.78 Å². The molecule has 0 radical (unpaired) electrons. The van der Waals surface area contributed by atoms with Crippen molar-refractivity contribution in [1.29, 1.82) is 0 Å². The summed E-state index contributed by atoms with van der Waals surface area (Å²) in [5, 5.41) is 0. The molecule has 1 aliphatic heterocycles. The van der Waals surface area contributed by atoms with E-state index < -0.39 is 0 Å². The van der Waals surface area contributed by atoms with Crippen molar-refractivity contribution in [2.24, 2.45) is 5.92 Å². The fourth-order valence-corrected chi connectivity index (χ4v) is 2.67. The molecule has 2 rings (SSSR count). The first kappa shape index (κ1) is 12.8. The van der Waals surface area contributed by atoms with Crippen LogP contribution in [0.5, 0.6) is 0 Å². The van der Waals surface area contributed by atoms with E-state index in [1.807, 2.05) is 24.3 Å². The van der Waals surface area contributed by atoms with Gasteiger partial charge in [0, 0.05) is 30.5 Å². The summed E-state index contributed by atoms with van der Waals surface area (Å²) in [4.78, 5) is 11.9. The summed E-state index contributed by atoms with van der Waals surface area (Å²) in [6.45, 7) is 1.63. The van der Waals surface area contributed by atoms with Crippen LogP contribution in [0.3, 0.4) is 0 Å². The van der Waals surface area contributed by atoms with Crippen LogP contribution in [0.4, 0.5) is 0 Å². The van der Waals surface area contributed by atoms with Crippen LogP contribution in [0.1, 0.15) is 24.8 Å². The SMILES string of the molecule is O=C(Cc1cccc(Br)c1)CC1CCOCC1. The van der Waals surface area contributed by atoms with Crippen LogP contribution in [0.15, 0.2) is 28.7 Å². The van der Waals surface area contributed by atoms with Crippen molar-refractivity contribution >= 4 is 21.7 Å². The fraction of sp³-hybridized carbons (Fsp3) is 0.500. The third-order valence-electron chi connectivity index (χ3n) is 3.15. The van der Waals surface area contributed by atoms with Gasteiger partial charge in [0.15, 0.2) is 0 Å². The molecule has 0 aliphatic carbocycles. The normalized spacial score (nSPS) is 17.0. The lowest BCUT2D eigenvalue weighted by atomic mass is 9.92. The molecule has 3 heteroatoms. The van der Waals surface area contributed by atoms with E-state index in [1.165, 1.54) is 0 Å². The van der Waals surface area contributed by atoms with Crippen molar-refractivity contribution in [2.45, 2.75) is 25.7 Å². The number of carbonyl (C=O) groups excluding carboxylic acids is 1. The van der Waals surface area contributed by atoms with E-state index in [4.69, 9.17) is 4.74 Å². The summed E-state index contributed by atoms with van der Waals surface area (Å²) in [6, 6.07) is 7.97.